The quantitative estimate of drug-likeness (QED) is 0.395. The summed E-state index contributed by atoms with van der Waals surface area (Å²) in [6.45, 7) is 4.12. The molecule has 0 aliphatic carbocycles. The number of hydrogen-bond acceptors (Lipinski definition) is 6. The second-order valence-electron chi connectivity index (χ2n) is 6.54. The van der Waals surface area contributed by atoms with Crippen molar-refractivity contribution in [2.24, 2.45) is 0 Å². The zero-order valence-electron chi connectivity index (χ0n) is 16.5. The molecule has 0 saturated carbocycles. The van der Waals surface area contributed by atoms with E-state index in [2.05, 4.69) is 29.1 Å². The monoisotopic (exact) mass is 439 g/mol. The van der Waals surface area contributed by atoms with E-state index < -0.39 is 5.82 Å². The Kier molecular flexibility index (Phi) is 5.69. The Morgan fingerprint density at radius 3 is 2.73 bits per heavy atom. The summed E-state index contributed by atoms with van der Waals surface area (Å²) in [5.74, 6) is -0.742. The van der Waals surface area contributed by atoms with Gasteiger partial charge in [0.15, 0.2) is 11.6 Å². The van der Waals surface area contributed by atoms with Crippen molar-refractivity contribution in [2.75, 3.05) is 12.4 Å². The van der Waals surface area contributed by atoms with Crippen molar-refractivity contribution in [1.29, 1.82) is 0 Å². The van der Waals surface area contributed by atoms with E-state index >= 15 is 0 Å². The molecule has 0 aliphatic rings. The number of amides is 1. The molecule has 0 spiro atoms. The van der Waals surface area contributed by atoms with Crippen LogP contribution in [0.25, 0.3) is 10.2 Å². The van der Waals surface area contributed by atoms with Gasteiger partial charge in [-0.25, -0.2) is 14.4 Å². The highest BCUT2D eigenvalue weighted by Crippen LogP contribution is 2.38. The molecule has 30 heavy (non-hydrogen) atoms. The van der Waals surface area contributed by atoms with Crippen LogP contribution in [-0.2, 0) is 0 Å². The number of anilines is 1. The van der Waals surface area contributed by atoms with Gasteiger partial charge in [0, 0.05) is 26.9 Å². The van der Waals surface area contributed by atoms with Crippen LogP contribution in [0.1, 0.15) is 20.8 Å². The second-order valence-corrected chi connectivity index (χ2v) is 8.78. The third-order valence-electron chi connectivity index (χ3n) is 4.68. The van der Waals surface area contributed by atoms with Gasteiger partial charge in [-0.3, -0.25) is 4.79 Å². The van der Waals surface area contributed by atoms with E-state index in [0.29, 0.717) is 11.3 Å². The van der Waals surface area contributed by atoms with E-state index in [4.69, 9.17) is 4.74 Å². The standard InChI is InChI=1S/C22H18FN3O2S2/c1-12-13(2)29-21-19(12)22(25-11-24-21)30-18-7-5-4-6-15(18)20(27)26-14-8-9-17(28-3)16(23)10-14/h4-11H,1-3H3,(H,26,27). The van der Waals surface area contributed by atoms with Gasteiger partial charge >= 0.3 is 0 Å². The van der Waals surface area contributed by atoms with Crippen molar-refractivity contribution in [3.05, 3.63) is 70.6 Å². The first-order valence-electron chi connectivity index (χ1n) is 9.10. The van der Waals surface area contributed by atoms with E-state index in [-0.39, 0.29) is 11.7 Å². The van der Waals surface area contributed by atoms with Crippen LogP contribution in [0, 0.1) is 19.7 Å². The van der Waals surface area contributed by atoms with Crippen LogP contribution < -0.4 is 10.1 Å². The fourth-order valence-electron chi connectivity index (χ4n) is 3.02. The summed E-state index contributed by atoms with van der Waals surface area (Å²) in [6, 6.07) is 11.6. The number of hydrogen-bond donors (Lipinski definition) is 1. The largest absolute Gasteiger partial charge is 0.494 e. The second kappa shape index (κ2) is 8.41. The molecule has 1 N–H and O–H groups in total. The Labute approximate surface area is 181 Å². The topological polar surface area (TPSA) is 64.1 Å². The van der Waals surface area contributed by atoms with Crippen LogP contribution in [0.15, 0.2) is 58.7 Å². The molecule has 1 amide bonds. The average Bonchev–Trinajstić information content (AvgIpc) is 3.03. The van der Waals surface area contributed by atoms with E-state index in [0.717, 1.165) is 25.7 Å². The van der Waals surface area contributed by atoms with Crippen LogP contribution in [0.3, 0.4) is 0 Å². The summed E-state index contributed by atoms with van der Waals surface area (Å²) in [5.41, 5.74) is 1.98. The number of rotatable bonds is 5. The first-order chi connectivity index (χ1) is 14.5. The lowest BCUT2D eigenvalue weighted by Gasteiger charge is -2.11. The number of carbonyl (C=O) groups is 1. The molecule has 0 fully saturated rings. The number of nitrogens with zero attached hydrogens (tertiary/aromatic N) is 2. The molecule has 8 heteroatoms. The van der Waals surface area contributed by atoms with E-state index in [1.54, 1.807) is 35.9 Å². The molecule has 4 aromatic rings. The molecule has 0 atom stereocenters. The molecular formula is C22H18FN3O2S2. The third kappa shape index (κ3) is 3.88. The maximum absolute atomic E-state index is 14.0. The number of aromatic nitrogens is 2. The molecular weight excluding hydrogens is 421 g/mol. The molecule has 2 heterocycles. The number of carbonyl (C=O) groups excluding carboxylic acids is 1. The smallest absolute Gasteiger partial charge is 0.256 e. The minimum Gasteiger partial charge on any atom is -0.494 e. The van der Waals surface area contributed by atoms with Gasteiger partial charge < -0.3 is 10.1 Å². The van der Waals surface area contributed by atoms with Gasteiger partial charge in [0.05, 0.1) is 12.7 Å². The molecule has 0 bridgehead atoms. The minimum absolute atomic E-state index is 0.123. The maximum atomic E-state index is 14.0. The van der Waals surface area contributed by atoms with Crippen molar-refractivity contribution in [1.82, 2.24) is 9.97 Å². The Balaban J connectivity index is 1.65. The fourth-order valence-corrected chi connectivity index (χ4v) is 5.16. The molecule has 0 unspecified atom stereocenters. The molecule has 0 radical (unpaired) electrons. The van der Waals surface area contributed by atoms with E-state index in [1.807, 2.05) is 12.1 Å². The molecule has 5 nitrogen and oxygen atoms in total. The zero-order chi connectivity index (χ0) is 21.3. The van der Waals surface area contributed by atoms with Gasteiger partial charge in [0.25, 0.3) is 5.91 Å². The summed E-state index contributed by atoms with van der Waals surface area (Å²) in [5, 5.41) is 4.57. The van der Waals surface area contributed by atoms with Crippen LogP contribution in [-0.4, -0.2) is 23.0 Å². The molecule has 0 aliphatic heterocycles. The van der Waals surface area contributed by atoms with Gasteiger partial charge in [-0.2, -0.15) is 0 Å². The number of thiophene rings is 1. The molecule has 0 saturated heterocycles. The summed E-state index contributed by atoms with van der Waals surface area (Å²) < 4.78 is 18.9. The van der Waals surface area contributed by atoms with Crippen LogP contribution in [0.5, 0.6) is 5.75 Å². The number of aryl methyl sites for hydroxylation is 2. The van der Waals surface area contributed by atoms with E-state index in [9.17, 15) is 9.18 Å². The SMILES string of the molecule is COc1ccc(NC(=O)c2ccccc2Sc2ncnc3sc(C)c(C)c23)cc1F. The minimum atomic E-state index is -0.537. The van der Waals surface area contributed by atoms with Crippen molar-refractivity contribution in [3.63, 3.8) is 0 Å². The van der Waals surface area contributed by atoms with Gasteiger partial charge in [-0.15, -0.1) is 11.3 Å². The number of halogens is 1. The lowest BCUT2D eigenvalue weighted by molar-refractivity contribution is 0.102. The lowest BCUT2D eigenvalue weighted by Crippen LogP contribution is -2.13. The van der Waals surface area contributed by atoms with Gasteiger partial charge in [0.2, 0.25) is 0 Å². The summed E-state index contributed by atoms with van der Waals surface area (Å²) in [7, 11) is 1.39. The van der Waals surface area contributed by atoms with Crippen LogP contribution in [0.2, 0.25) is 0 Å². The van der Waals surface area contributed by atoms with Crippen molar-refractivity contribution >= 4 is 44.9 Å². The fraction of sp³-hybridized carbons (Fsp3) is 0.136. The predicted molar refractivity (Wildman–Crippen MR) is 118 cm³/mol. The Morgan fingerprint density at radius 1 is 1.17 bits per heavy atom. The number of methoxy groups -OCH3 is 1. The zero-order valence-corrected chi connectivity index (χ0v) is 18.2. The first kappa shape index (κ1) is 20.3. The van der Waals surface area contributed by atoms with Crippen molar-refractivity contribution in [3.8, 4) is 5.75 Å². The first-order valence-corrected chi connectivity index (χ1v) is 10.7. The molecule has 2 aromatic heterocycles. The number of nitrogens with one attached hydrogen (secondary N) is 1. The summed E-state index contributed by atoms with van der Waals surface area (Å²) >= 11 is 3.05. The summed E-state index contributed by atoms with van der Waals surface area (Å²) in [6.07, 6.45) is 1.54. The van der Waals surface area contributed by atoms with Crippen LogP contribution in [0.4, 0.5) is 10.1 Å². The van der Waals surface area contributed by atoms with E-state index in [1.165, 1.54) is 35.9 Å². The predicted octanol–water partition coefficient (Wildman–Crippen LogP) is 5.86. The molecule has 4 rings (SSSR count). The third-order valence-corrected chi connectivity index (χ3v) is 6.87. The highest BCUT2D eigenvalue weighted by atomic mass is 32.2. The highest BCUT2D eigenvalue weighted by Gasteiger charge is 2.17. The Bertz CT molecular complexity index is 1260. The van der Waals surface area contributed by atoms with Gasteiger partial charge in [0.1, 0.15) is 16.2 Å². The molecule has 2 aromatic carbocycles. The van der Waals surface area contributed by atoms with Crippen molar-refractivity contribution in [2.45, 2.75) is 23.8 Å². The average molecular weight is 440 g/mol. The number of ether oxygens (including phenoxy) is 1. The highest BCUT2D eigenvalue weighted by molar-refractivity contribution is 7.99. The Hall–Kier alpha value is -2.97. The van der Waals surface area contributed by atoms with Crippen molar-refractivity contribution < 1.29 is 13.9 Å². The molecule has 152 valence electrons. The van der Waals surface area contributed by atoms with Gasteiger partial charge in [-0.1, -0.05) is 23.9 Å². The lowest BCUT2D eigenvalue weighted by atomic mass is 10.2. The Morgan fingerprint density at radius 2 is 1.97 bits per heavy atom. The summed E-state index contributed by atoms with van der Waals surface area (Å²) in [4.78, 5) is 24.6. The number of fused-ring (bicyclic) bond motifs is 1. The normalized spacial score (nSPS) is 10.9. The number of benzene rings is 2. The van der Waals surface area contributed by atoms with Gasteiger partial charge in [-0.05, 0) is 43.7 Å². The van der Waals surface area contributed by atoms with Crippen LogP contribution >= 0.6 is 23.1 Å². The maximum Gasteiger partial charge on any atom is 0.256 e.